The second-order valence-corrected chi connectivity index (χ2v) is 6.47. The molecule has 2 aromatic carbocycles. The Kier molecular flexibility index (Phi) is 5.93. The van der Waals surface area contributed by atoms with E-state index in [9.17, 15) is 4.79 Å². The fourth-order valence-corrected chi connectivity index (χ4v) is 3.21. The van der Waals surface area contributed by atoms with E-state index in [0.717, 1.165) is 17.0 Å². The van der Waals surface area contributed by atoms with E-state index in [1.165, 1.54) is 16.2 Å². The largest absolute Gasteiger partial charge is 0.497 e. The van der Waals surface area contributed by atoms with Crippen LogP contribution in [-0.2, 0) is 4.79 Å². The molecule has 140 valence electrons. The average molecular weight is 384 g/mol. The monoisotopic (exact) mass is 384 g/mol. The molecule has 27 heavy (non-hydrogen) atoms. The van der Waals surface area contributed by atoms with E-state index in [4.69, 9.17) is 14.2 Å². The zero-order valence-corrected chi connectivity index (χ0v) is 16.2. The van der Waals surface area contributed by atoms with Crippen LogP contribution in [0.5, 0.6) is 17.2 Å². The number of rotatable bonds is 7. The summed E-state index contributed by atoms with van der Waals surface area (Å²) in [4.78, 5) is 18.5. The highest BCUT2D eigenvalue weighted by Gasteiger charge is 2.16. The molecule has 0 aliphatic carbocycles. The Labute approximate surface area is 161 Å². The van der Waals surface area contributed by atoms with Crippen LogP contribution in [-0.4, -0.2) is 38.8 Å². The molecule has 3 rings (SSSR count). The summed E-state index contributed by atoms with van der Waals surface area (Å²) in [5, 5.41) is 2.52. The average Bonchev–Trinajstić information content (AvgIpc) is 3.21. The molecule has 0 aliphatic heterocycles. The highest BCUT2D eigenvalue weighted by Crippen LogP contribution is 2.29. The van der Waals surface area contributed by atoms with E-state index in [1.807, 2.05) is 41.8 Å². The van der Waals surface area contributed by atoms with Crippen LogP contribution in [0.3, 0.4) is 0 Å². The highest BCUT2D eigenvalue weighted by molar-refractivity contribution is 7.14. The molecule has 0 aliphatic rings. The van der Waals surface area contributed by atoms with Crippen molar-refractivity contribution < 1.29 is 19.0 Å². The van der Waals surface area contributed by atoms with Crippen molar-refractivity contribution in [2.75, 3.05) is 32.8 Å². The maximum atomic E-state index is 12.5. The lowest BCUT2D eigenvalue weighted by Gasteiger charge is -2.15. The van der Waals surface area contributed by atoms with E-state index < -0.39 is 0 Å². The number of benzene rings is 2. The molecule has 3 aromatic rings. The summed E-state index contributed by atoms with van der Waals surface area (Å²) < 4.78 is 16.0. The first-order chi connectivity index (χ1) is 13.1. The first kappa shape index (κ1) is 18.7. The Hall–Kier alpha value is -3.06. The lowest BCUT2D eigenvalue weighted by atomic mass is 10.2. The number of likely N-dealkylation sites (N-methyl/N-ethyl adjacent to an activating group) is 1. The van der Waals surface area contributed by atoms with Crippen LogP contribution in [0.1, 0.15) is 0 Å². The molecule has 0 bridgehead atoms. The molecule has 0 unspecified atom stereocenters. The van der Waals surface area contributed by atoms with Crippen molar-refractivity contribution >= 4 is 22.4 Å². The summed E-state index contributed by atoms with van der Waals surface area (Å²) in [6.45, 7) is -0.103. The van der Waals surface area contributed by atoms with Crippen LogP contribution in [0.4, 0.5) is 5.13 Å². The van der Waals surface area contributed by atoms with Gasteiger partial charge in [0.1, 0.15) is 5.75 Å². The zero-order valence-electron chi connectivity index (χ0n) is 15.3. The summed E-state index contributed by atoms with van der Waals surface area (Å²) in [6.07, 6.45) is 0. The maximum absolute atomic E-state index is 12.5. The molecule has 0 N–H and O–H groups in total. The number of thiazole rings is 1. The van der Waals surface area contributed by atoms with Gasteiger partial charge in [-0.25, -0.2) is 4.98 Å². The molecule has 1 heterocycles. The molecule has 1 aromatic heterocycles. The number of nitrogens with zero attached hydrogens (tertiary/aromatic N) is 2. The normalized spacial score (nSPS) is 10.3. The van der Waals surface area contributed by atoms with E-state index >= 15 is 0 Å². The van der Waals surface area contributed by atoms with Crippen molar-refractivity contribution in [1.82, 2.24) is 4.98 Å². The predicted molar refractivity (Wildman–Crippen MR) is 106 cm³/mol. The Balaban J connectivity index is 1.65. The number of hydrogen-bond acceptors (Lipinski definition) is 6. The van der Waals surface area contributed by atoms with Crippen LogP contribution in [0.2, 0.25) is 0 Å². The van der Waals surface area contributed by atoms with Crippen LogP contribution in [0.25, 0.3) is 11.3 Å². The van der Waals surface area contributed by atoms with Gasteiger partial charge in [0.2, 0.25) is 0 Å². The van der Waals surface area contributed by atoms with Crippen LogP contribution in [0, 0.1) is 0 Å². The quantitative estimate of drug-likeness (QED) is 0.619. The van der Waals surface area contributed by atoms with Crippen molar-refractivity contribution in [2.45, 2.75) is 0 Å². The fraction of sp³-hybridized carbons (Fsp3) is 0.200. The van der Waals surface area contributed by atoms with E-state index in [2.05, 4.69) is 4.98 Å². The number of anilines is 1. The maximum Gasteiger partial charge on any atom is 0.266 e. The van der Waals surface area contributed by atoms with Gasteiger partial charge >= 0.3 is 0 Å². The fourth-order valence-electron chi connectivity index (χ4n) is 2.39. The van der Waals surface area contributed by atoms with E-state index in [0.29, 0.717) is 16.6 Å². The van der Waals surface area contributed by atoms with Crippen molar-refractivity contribution in [1.29, 1.82) is 0 Å². The van der Waals surface area contributed by atoms with Gasteiger partial charge in [0.15, 0.2) is 23.2 Å². The molecular weight excluding hydrogens is 364 g/mol. The topological polar surface area (TPSA) is 60.9 Å². The molecule has 0 saturated carbocycles. The number of para-hydroxylation sites is 2. The molecule has 0 spiro atoms. The number of ether oxygens (including phenoxy) is 3. The lowest BCUT2D eigenvalue weighted by molar-refractivity contribution is -0.120. The van der Waals surface area contributed by atoms with Gasteiger partial charge in [0.25, 0.3) is 5.91 Å². The predicted octanol–water partition coefficient (Wildman–Crippen LogP) is 3.87. The third-order valence-electron chi connectivity index (χ3n) is 3.96. The van der Waals surface area contributed by atoms with Gasteiger partial charge in [0.05, 0.1) is 19.9 Å². The van der Waals surface area contributed by atoms with Gasteiger partial charge < -0.3 is 14.2 Å². The Morgan fingerprint density at radius 2 is 1.74 bits per heavy atom. The lowest BCUT2D eigenvalue weighted by Crippen LogP contribution is -2.31. The summed E-state index contributed by atoms with van der Waals surface area (Å²) in [5.74, 6) is 1.70. The first-order valence-corrected chi connectivity index (χ1v) is 9.12. The number of carbonyl (C=O) groups is 1. The van der Waals surface area contributed by atoms with Crippen molar-refractivity contribution in [2.24, 2.45) is 0 Å². The molecular formula is C20H20N2O4S. The van der Waals surface area contributed by atoms with Crippen molar-refractivity contribution in [3.05, 3.63) is 53.9 Å². The minimum atomic E-state index is -0.198. The Bertz CT molecular complexity index is 908. The minimum Gasteiger partial charge on any atom is -0.497 e. The number of methoxy groups -OCH3 is 2. The molecule has 0 fully saturated rings. The molecule has 0 radical (unpaired) electrons. The number of amides is 1. The van der Waals surface area contributed by atoms with E-state index in [-0.39, 0.29) is 12.5 Å². The van der Waals surface area contributed by atoms with Gasteiger partial charge in [-0.15, -0.1) is 11.3 Å². The molecule has 1 amide bonds. The standard InChI is InChI=1S/C20H20N2O4S/c1-22(19(23)12-26-18-7-5-4-6-17(18)25-3)20-21-16(13-27-20)14-8-10-15(24-2)11-9-14/h4-11,13H,12H2,1-3H3. The van der Waals surface area contributed by atoms with Crippen molar-refractivity contribution in [3.8, 4) is 28.5 Å². The smallest absolute Gasteiger partial charge is 0.266 e. The molecule has 6 nitrogen and oxygen atoms in total. The third-order valence-corrected chi connectivity index (χ3v) is 4.88. The summed E-state index contributed by atoms with van der Waals surface area (Å²) in [7, 11) is 4.88. The third kappa shape index (κ3) is 4.38. The molecule has 0 saturated heterocycles. The van der Waals surface area contributed by atoms with Gasteiger partial charge in [-0.1, -0.05) is 12.1 Å². The SMILES string of the molecule is COc1ccc(-c2csc(N(C)C(=O)COc3ccccc3OC)n2)cc1. The van der Waals surface area contributed by atoms with Crippen molar-refractivity contribution in [3.63, 3.8) is 0 Å². The first-order valence-electron chi connectivity index (χ1n) is 8.24. The summed E-state index contributed by atoms with van der Waals surface area (Å²) in [5.41, 5.74) is 1.77. The van der Waals surface area contributed by atoms with Gasteiger partial charge in [-0.05, 0) is 36.4 Å². The number of carbonyl (C=O) groups excluding carboxylic acids is 1. The highest BCUT2D eigenvalue weighted by atomic mass is 32.1. The Morgan fingerprint density at radius 1 is 1.04 bits per heavy atom. The second kappa shape index (κ2) is 8.55. The molecule has 0 atom stereocenters. The molecule has 7 heteroatoms. The van der Waals surface area contributed by atoms with Crippen LogP contribution >= 0.6 is 11.3 Å². The van der Waals surface area contributed by atoms with E-state index in [1.54, 1.807) is 33.4 Å². The summed E-state index contributed by atoms with van der Waals surface area (Å²) >= 11 is 1.40. The van der Waals surface area contributed by atoms with Gasteiger partial charge in [-0.2, -0.15) is 0 Å². The summed E-state index contributed by atoms with van der Waals surface area (Å²) in [6, 6.07) is 14.8. The van der Waals surface area contributed by atoms with Crippen LogP contribution in [0.15, 0.2) is 53.9 Å². The number of hydrogen-bond donors (Lipinski definition) is 0. The minimum absolute atomic E-state index is 0.103. The Morgan fingerprint density at radius 3 is 2.41 bits per heavy atom. The van der Waals surface area contributed by atoms with Gasteiger partial charge in [0, 0.05) is 18.0 Å². The van der Waals surface area contributed by atoms with Crippen LogP contribution < -0.4 is 19.1 Å². The number of aromatic nitrogens is 1. The zero-order chi connectivity index (χ0) is 19.2. The second-order valence-electron chi connectivity index (χ2n) is 5.64. The van der Waals surface area contributed by atoms with Gasteiger partial charge in [-0.3, -0.25) is 9.69 Å².